The zero-order valence-electron chi connectivity index (χ0n) is 9.44. The SMILES string of the molecule is C/C(=C/C(=O)c1ccccc1)NCCCO. The van der Waals surface area contributed by atoms with Crippen LogP contribution in [0, 0.1) is 0 Å². The lowest BCUT2D eigenvalue weighted by Crippen LogP contribution is -2.15. The van der Waals surface area contributed by atoms with Gasteiger partial charge in [-0.15, -0.1) is 0 Å². The number of aliphatic hydroxyl groups excluding tert-OH is 1. The van der Waals surface area contributed by atoms with Crippen LogP contribution < -0.4 is 5.32 Å². The van der Waals surface area contributed by atoms with Gasteiger partial charge in [0.2, 0.25) is 0 Å². The quantitative estimate of drug-likeness (QED) is 0.435. The summed E-state index contributed by atoms with van der Waals surface area (Å²) in [7, 11) is 0. The lowest BCUT2D eigenvalue weighted by atomic mass is 10.1. The van der Waals surface area contributed by atoms with Crippen molar-refractivity contribution in [2.75, 3.05) is 13.2 Å². The first-order chi connectivity index (χ1) is 7.74. The Kier molecular flexibility index (Phi) is 5.29. The first-order valence-corrected chi connectivity index (χ1v) is 5.36. The minimum atomic E-state index is -0.00500. The van der Waals surface area contributed by atoms with E-state index in [4.69, 9.17) is 5.11 Å². The van der Waals surface area contributed by atoms with Gasteiger partial charge in [0.15, 0.2) is 5.78 Å². The Balaban J connectivity index is 2.52. The van der Waals surface area contributed by atoms with Gasteiger partial charge in [0.1, 0.15) is 0 Å². The lowest BCUT2D eigenvalue weighted by molar-refractivity contribution is 0.104. The van der Waals surface area contributed by atoms with Crippen molar-refractivity contribution in [3.63, 3.8) is 0 Å². The van der Waals surface area contributed by atoms with E-state index in [1.165, 1.54) is 0 Å². The van der Waals surface area contributed by atoms with Gasteiger partial charge in [-0.2, -0.15) is 0 Å². The van der Waals surface area contributed by atoms with Gasteiger partial charge in [0, 0.05) is 30.5 Å². The molecular weight excluding hydrogens is 202 g/mol. The smallest absolute Gasteiger partial charge is 0.187 e. The number of hydrogen-bond acceptors (Lipinski definition) is 3. The van der Waals surface area contributed by atoms with E-state index in [1.807, 2.05) is 25.1 Å². The molecule has 0 aliphatic rings. The average molecular weight is 219 g/mol. The summed E-state index contributed by atoms with van der Waals surface area (Å²) in [6.45, 7) is 2.69. The van der Waals surface area contributed by atoms with Crippen molar-refractivity contribution >= 4 is 5.78 Å². The number of benzene rings is 1. The van der Waals surface area contributed by atoms with E-state index in [1.54, 1.807) is 18.2 Å². The van der Waals surface area contributed by atoms with Crippen LogP contribution in [0.3, 0.4) is 0 Å². The molecule has 2 N–H and O–H groups in total. The van der Waals surface area contributed by atoms with Crippen LogP contribution in [0.4, 0.5) is 0 Å². The van der Waals surface area contributed by atoms with Gasteiger partial charge < -0.3 is 10.4 Å². The Morgan fingerprint density at radius 2 is 2.06 bits per heavy atom. The molecular formula is C13H17NO2. The third kappa shape index (κ3) is 4.28. The fraction of sp³-hybridized carbons (Fsp3) is 0.308. The monoisotopic (exact) mass is 219 g/mol. The summed E-state index contributed by atoms with van der Waals surface area (Å²) in [5, 5.41) is 11.7. The highest BCUT2D eigenvalue weighted by Crippen LogP contribution is 2.02. The second-order valence-corrected chi connectivity index (χ2v) is 3.56. The third-order valence-electron chi connectivity index (χ3n) is 2.14. The number of hydrogen-bond donors (Lipinski definition) is 2. The Morgan fingerprint density at radius 3 is 2.69 bits per heavy atom. The molecule has 0 aromatic heterocycles. The summed E-state index contributed by atoms with van der Waals surface area (Å²) in [4.78, 5) is 11.7. The van der Waals surface area contributed by atoms with Gasteiger partial charge in [-0.25, -0.2) is 0 Å². The summed E-state index contributed by atoms with van der Waals surface area (Å²) >= 11 is 0. The molecule has 1 aromatic rings. The van der Waals surface area contributed by atoms with Crippen molar-refractivity contribution in [1.29, 1.82) is 0 Å². The molecule has 0 saturated heterocycles. The fourth-order valence-electron chi connectivity index (χ4n) is 1.30. The number of nitrogens with one attached hydrogen (secondary N) is 1. The van der Waals surface area contributed by atoms with Crippen LogP contribution in [-0.2, 0) is 0 Å². The largest absolute Gasteiger partial charge is 0.396 e. The third-order valence-corrected chi connectivity index (χ3v) is 2.14. The van der Waals surface area contributed by atoms with E-state index < -0.39 is 0 Å². The summed E-state index contributed by atoms with van der Waals surface area (Å²) in [6.07, 6.45) is 2.26. The maximum Gasteiger partial charge on any atom is 0.187 e. The highest BCUT2D eigenvalue weighted by atomic mass is 16.3. The minimum Gasteiger partial charge on any atom is -0.396 e. The fourth-order valence-corrected chi connectivity index (χ4v) is 1.30. The van der Waals surface area contributed by atoms with Gasteiger partial charge in [-0.3, -0.25) is 4.79 Å². The maximum absolute atomic E-state index is 11.7. The number of aliphatic hydroxyl groups is 1. The molecule has 0 heterocycles. The highest BCUT2D eigenvalue weighted by Gasteiger charge is 2.01. The van der Waals surface area contributed by atoms with E-state index in [-0.39, 0.29) is 12.4 Å². The molecule has 0 aliphatic carbocycles. The maximum atomic E-state index is 11.7. The average Bonchev–Trinajstić information content (AvgIpc) is 2.30. The number of rotatable bonds is 6. The normalized spacial score (nSPS) is 11.2. The molecule has 0 unspecified atom stereocenters. The molecule has 0 fully saturated rings. The van der Waals surface area contributed by atoms with Crippen LogP contribution in [0.1, 0.15) is 23.7 Å². The van der Waals surface area contributed by atoms with Crippen LogP contribution in [0.5, 0.6) is 0 Å². The molecule has 0 bridgehead atoms. The number of ketones is 1. The summed E-state index contributed by atoms with van der Waals surface area (Å²) in [5.41, 5.74) is 1.51. The molecule has 3 heteroatoms. The summed E-state index contributed by atoms with van der Waals surface area (Å²) < 4.78 is 0. The number of carbonyl (C=O) groups is 1. The van der Waals surface area contributed by atoms with Gasteiger partial charge in [-0.1, -0.05) is 30.3 Å². The molecule has 1 aromatic carbocycles. The Labute approximate surface area is 95.8 Å². The van der Waals surface area contributed by atoms with Crippen molar-refractivity contribution < 1.29 is 9.90 Å². The molecule has 86 valence electrons. The second-order valence-electron chi connectivity index (χ2n) is 3.56. The molecule has 0 saturated carbocycles. The number of allylic oxidation sites excluding steroid dienone is 2. The van der Waals surface area contributed by atoms with E-state index in [2.05, 4.69) is 5.32 Å². The summed E-state index contributed by atoms with van der Waals surface area (Å²) in [6, 6.07) is 9.15. The molecule has 0 aliphatic heterocycles. The predicted molar refractivity (Wildman–Crippen MR) is 64.2 cm³/mol. The van der Waals surface area contributed by atoms with Gasteiger partial charge in [0.25, 0.3) is 0 Å². The lowest BCUT2D eigenvalue weighted by Gasteiger charge is -2.04. The van der Waals surface area contributed by atoms with Crippen molar-refractivity contribution in [2.45, 2.75) is 13.3 Å². The molecule has 0 amide bonds. The van der Waals surface area contributed by atoms with Crippen LogP contribution >= 0.6 is 0 Å². The van der Waals surface area contributed by atoms with E-state index in [0.29, 0.717) is 18.5 Å². The molecule has 0 radical (unpaired) electrons. The molecule has 16 heavy (non-hydrogen) atoms. The van der Waals surface area contributed by atoms with Gasteiger partial charge in [0.05, 0.1) is 0 Å². The Bertz CT molecular complexity index is 357. The Morgan fingerprint density at radius 1 is 1.38 bits per heavy atom. The van der Waals surface area contributed by atoms with Crippen molar-refractivity contribution in [1.82, 2.24) is 5.32 Å². The predicted octanol–water partition coefficient (Wildman–Crippen LogP) is 1.75. The topological polar surface area (TPSA) is 49.3 Å². The first kappa shape index (κ1) is 12.5. The zero-order valence-corrected chi connectivity index (χ0v) is 9.44. The van der Waals surface area contributed by atoms with Crippen molar-refractivity contribution in [2.24, 2.45) is 0 Å². The van der Waals surface area contributed by atoms with Crippen LogP contribution in [0.2, 0.25) is 0 Å². The van der Waals surface area contributed by atoms with Gasteiger partial charge >= 0.3 is 0 Å². The number of carbonyl (C=O) groups excluding carboxylic acids is 1. The Hall–Kier alpha value is -1.61. The van der Waals surface area contributed by atoms with E-state index in [0.717, 1.165) is 5.70 Å². The minimum absolute atomic E-state index is 0.00500. The van der Waals surface area contributed by atoms with Crippen molar-refractivity contribution in [3.8, 4) is 0 Å². The molecule has 0 spiro atoms. The van der Waals surface area contributed by atoms with Crippen LogP contribution in [-0.4, -0.2) is 24.0 Å². The second kappa shape index (κ2) is 6.80. The van der Waals surface area contributed by atoms with Gasteiger partial charge in [-0.05, 0) is 13.3 Å². The molecule has 1 rings (SSSR count). The zero-order chi connectivity index (χ0) is 11.8. The van der Waals surface area contributed by atoms with E-state index in [9.17, 15) is 4.79 Å². The first-order valence-electron chi connectivity index (χ1n) is 5.36. The van der Waals surface area contributed by atoms with Crippen molar-refractivity contribution in [3.05, 3.63) is 47.7 Å². The molecule has 0 atom stereocenters. The molecule has 3 nitrogen and oxygen atoms in total. The van der Waals surface area contributed by atoms with Crippen LogP contribution in [0.25, 0.3) is 0 Å². The van der Waals surface area contributed by atoms with E-state index >= 15 is 0 Å². The summed E-state index contributed by atoms with van der Waals surface area (Å²) in [5.74, 6) is -0.00500. The van der Waals surface area contributed by atoms with Crippen LogP contribution in [0.15, 0.2) is 42.1 Å². The standard InChI is InChI=1S/C13H17NO2/c1-11(14-8-5-9-15)10-13(16)12-6-3-2-4-7-12/h2-4,6-7,10,14-15H,5,8-9H2,1H3/b11-10-. The highest BCUT2D eigenvalue weighted by molar-refractivity contribution is 6.04.